The fourth-order valence-electron chi connectivity index (χ4n) is 2.91. The van der Waals surface area contributed by atoms with Crippen LogP contribution in [-0.4, -0.2) is 5.79 Å². The van der Waals surface area contributed by atoms with Crippen LogP contribution in [0, 0.1) is 0 Å². The zero-order valence-electron chi connectivity index (χ0n) is 13.3. The van der Waals surface area contributed by atoms with Crippen LogP contribution in [0.1, 0.15) is 6.42 Å². The summed E-state index contributed by atoms with van der Waals surface area (Å²) in [7, 11) is 0. The predicted octanol–water partition coefficient (Wildman–Crippen LogP) is 5.51. The molecule has 0 spiro atoms. The van der Waals surface area contributed by atoms with Crippen molar-refractivity contribution in [1.82, 2.24) is 0 Å². The minimum absolute atomic E-state index is 0.654. The fourth-order valence-corrected chi connectivity index (χ4v) is 2.91. The molecule has 2 nitrogen and oxygen atoms in total. The van der Waals surface area contributed by atoms with Crippen molar-refractivity contribution >= 4 is 10.8 Å². The van der Waals surface area contributed by atoms with Gasteiger partial charge in [0.2, 0.25) is 0 Å². The first kappa shape index (κ1) is 14.6. The Morgan fingerprint density at radius 1 is 0.708 bits per heavy atom. The molecule has 3 aromatic rings. The molecule has 0 amide bonds. The van der Waals surface area contributed by atoms with Crippen LogP contribution in [0.3, 0.4) is 0 Å². The number of para-hydroxylation sites is 1. The molecule has 0 aromatic heterocycles. The van der Waals surface area contributed by atoms with Crippen molar-refractivity contribution in [3.8, 4) is 11.5 Å². The molecule has 2 heteroatoms. The van der Waals surface area contributed by atoms with Gasteiger partial charge in [-0.2, -0.15) is 0 Å². The second-order valence-corrected chi connectivity index (χ2v) is 5.80. The van der Waals surface area contributed by atoms with E-state index in [0.29, 0.717) is 6.42 Å². The van der Waals surface area contributed by atoms with Crippen LogP contribution < -0.4 is 9.47 Å². The van der Waals surface area contributed by atoms with Crippen molar-refractivity contribution in [3.05, 3.63) is 97.1 Å². The topological polar surface area (TPSA) is 18.5 Å². The van der Waals surface area contributed by atoms with Gasteiger partial charge in [0.25, 0.3) is 5.79 Å². The summed E-state index contributed by atoms with van der Waals surface area (Å²) in [5, 5.41) is 2.24. The van der Waals surface area contributed by atoms with Crippen LogP contribution >= 0.6 is 0 Å². The number of hydrogen-bond acceptors (Lipinski definition) is 2. The number of allylic oxidation sites excluding steroid dienone is 2. The maximum atomic E-state index is 6.40. The van der Waals surface area contributed by atoms with Crippen molar-refractivity contribution in [2.24, 2.45) is 0 Å². The Morgan fingerprint density at radius 2 is 1.50 bits per heavy atom. The van der Waals surface area contributed by atoms with Crippen molar-refractivity contribution in [2.75, 3.05) is 0 Å². The van der Waals surface area contributed by atoms with E-state index in [1.54, 1.807) is 0 Å². The van der Waals surface area contributed by atoms with Gasteiger partial charge in [0.15, 0.2) is 0 Å². The molecule has 1 unspecified atom stereocenters. The summed E-state index contributed by atoms with van der Waals surface area (Å²) in [5.74, 6) is 0.780. The minimum atomic E-state index is -0.833. The fraction of sp³-hybridized carbons (Fsp3) is 0.0909. The van der Waals surface area contributed by atoms with Gasteiger partial charge in [0, 0.05) is 11.8 Å². The molecule has 0 saturated carbocycles. The molecule has 0 saturated heterocycles. The van der Waals surface area contributed by atoms with E-state index in [9.17, 15) is 0 Å². The molecule has 0 fully saturated rings. The SMILES string of the molecule is C1=CCC(Oc2ccccc2)(Oc2cccc3ccccc23)C=C1. The lowest BCUT2D eigenvalue weighted by atomic mass is 10.1. The van der Waals surface area contributed by atoms with E-state index < -0.39 is 5.79 Å². The molecule has 118 valence electrons. The summed E-state index contributed by atoms with van der Waals surface area (Å²) < 4.78 is 12.6. The molecule has 24 heavy (non-hydrogen) atoms. The van der Waals surface area contributed by atoms with E-state index in [2.05, 4.69) is 24.3 Å². The van der Waals surface area contributed by atoms with Crippen LogP contribution in [-0.2, 0) is 0 Å². The number of rotatable bonds is 4. The Labute approximate surface area is 141 Å². The summed E-state index contributed by atoms with van der Waals surface area (Å²) in [6.45, 7) is 0. The monoisotopic (exact) mass is 314 g/mol. The van der Waals surface area contributed by atoms with Gasteiger partial charge >= 0.3 is 0 Å². The van der Waals surface area contributed by atoms with Crippen molar-refractivity contribution in [2.45, 2.75) is 12.2 Å². The van der Waals surface area contributed by atoms with Crippen molar-refractivity contribution in [1.29, 1.82) is 0 Å². The second-order valence-electron chi connectivity index (χ2n) is 5.80. The Balaban J connectivity index is 1.72. The van der Waals surface area contributed by atoms with Crippen LogP contribution in [0.25, 0.3) is 10.8 Å². The van der Waals surface area contributed by atoms with Gasteiger partial charge in [-0.1, -0.05) is 72.8 Å². The van der Waals surface area contributed by atoms with Gasteiger partial charge in [0.05, 0.1) is 0 Å². The molecule has 0 radical (unpaired) electrons. The van der Waals surface area contributed by atoms with Crippen LogP contribution in [0.2, 0.25) is 0 Å². The van der Waals surface area contributed by atoms with E-state index in [0.717, 1.165) is 22.3 Å². The van der Waals surface area contributed by atoms with Crippen molar-refractivity contribution < 1.29 is 9.47 Å². The molecule has 4 rings (SSSR count). The Bertz CT molecular complexity index is 891. The lowest BCUT2D eigenvalue weighted by Gasteiger charge is -2.33. The van der Waals surface area contributed by atoms with Gasteiger partial charge in [0.1, 0.15) is 11.5 Å². The van der Waals surface area contributed by atoms with Gasteiger partial charge in [-0.05, 0) is 29.7 Å². The molecule has 1 aliphatic rings. The molecule has 1 atom stereocenters. The Hall–Kier alpha value is -3.00. The second kappa shape index (κ2) is 6.25. The first-order chi connectivity index (χ1) is 11.8. The maximum Gasteiger partial charge on any atom is 0.274 e. The summed E-state index contributed by atoms with van der Waals surface area (Å²) in [6, 6.07) is 24.1. The first-order valence-corrected chi connectivity index (χ1v) is 8.10. The lowest BCUT2D eigenvalue weighted by molar-refractivity contribution is -0.0677. The van der Waals surface area contributed by atoms with Gasteiger partial charge in [-0.15, -0.1) is 0 Å². The third-order valence-corrected chi connectivity index (χ3v) is 4.07. The Morgan fingerprint density at radius 3 is 2.33 bits per heavy atom. The summed E-state index contributed by atoms with van der Waals surface area (Å²) in [5.41, 5.74) is 0. The quantitative estimate of drug-likeness (QED) is 0.591. The molecule has 0 bridgehead atoms. The normalized spacial score (nSPS) is 19.3. The number of fused-ring (bicyclic) bond motifs is 1. The summed E-state index contributed by atoms with van der Waals surface area (Å²) in [6.07, 6.45) is 8.67. The largest absolute Gasteiger partial charge is 0.448 e. The Kier molecular flexibility index (Phi) is 3.80. The third-order valence-electron chi connectivity index (χ3n) is 4.07. The molecule has 0 N–H and O–H groups in total. The van der Waals surface area contributed by atoms with E-state index in [1.165, 1.54) is 0 Å². The van der Waals surface area contributed by atoms with E-state index in [1.807, 2.05) is 72.8 Å². The molecular formula is C22H18O2. The van der Waals surface area contributed by atoms with Gasteiger partial charge in [-0.3, -0.25) is 0 Å². The highest BCUT2D eigenvalue weighted by Crippen LogP contribution is 2.33. The zero-order valence-corrected chi connectivity index (χ0v) is 13.3. The molecule has 0 aliphatic heterocycles. The zero-order chi connectivity index (χ0) is 16.2. The highest BCUT2D eigenvalue weighted by Gasteiger charge is 2.32. The van der Waals surface area contributed by atoms with Crippen LogP contribution in [0.4, 0.5) is 0 Å². The van der Waals surface area contributed by atoms with Gasteiger partial charge in [-0.25, -0.2) is 0 Å². The number of benzene rings is 3. The predicted molar refractivity (Wildman–Crippen MR) is 97.3 cm³/mol. The summed E-state index contributed by atoms with van der Waals surface area (Å²) in [4.78, 5) is 0. The average molecular weight is 314 g/mol. The van der Waals surface area contributed by atoms with Gasteiger partial charge < -0.3 is 9.47 Å². The van der Waals surface area contributed by atoms with Crippen LogP contribution in [0.5, 0.6) is 11.5 Å². The van der Waals surface area contributed by atoms with Crippen LogP contribution in [0.15, 0.2) is 97.1 Å². The lowest BCUT2D eigenvalue weighted by Crippen LogP contribution is -2.40. The highest BCUT2D eigenvalue weighted by atomic mass is 16.7. The minimum Gasteiger partial charge on any atom is -0.448 e. The maximum absolute atomic E-state index is 6.40. The van der Waals surface area contributed by atoms with E-state index in [-0.39, 0.29) is 0 Å². The highest BCUT2D eigenvalue weighted by molar-refractivity contribution is 5.88. The molecule has 3 aromatic carbocycles. The molecular weight excluding hydrogens is 296 g/mol. The van der Waals surface area contributed by atoms with Crippen molar-refractivity contribution in [3.63, 3.8) is 0 Å². The molecule has 0 heterocycles. The standard InChI is InChI=1S/C22H18O2/c1-3-12-19(13-4-1)23-22(16-7-2-8-17-22)24-21-15-9-11-18-10-5-6-14-20(18)21/h1-16H,17H2. The molecule has 1 aliphatic carbocycles. The van der Waals surface area contributed by atoms with E-state index >= 15 is 0 Å². The number of hydrogen-bond donors (Lipinski definition) is 0. The number of ether oxygens (including phenoxy) is 2. The first-order valence-electron chi connectivity index (χ1n) is 8.10. The smallest absolute Gasteiger partial charge is 0.274 e. The summed E-state index contributed by atoms with van der Waals surface area (Å²) >= 11 is 0. The van der Waals surface area contributed by atoms with E-state index in [4.69, 9.17) is 9.47 Å². The third kappa shape index (κ3) is 2.91. The average Bonchev–Trinajstić information content (AvgIpc) is 2.64.